The van der Waals surface area contributed by atoms with Crippen LogP contribution in [-0.2, 0) is 21.4 Å². The fourth-order valence-corrected chi connectivity index (χ4v) is 4.38. The molecule has 0 unspecified atom stereocenters. The van der Waals surface area contributed by atoms with Crippen LogP contribution in [0, 0.1) is 6.92 Å². The smallest absolute Gasteiger partial charge is 0.254 e. The molecule has 0 spiro atoms. The zero-order valence-corrected chi connectivity index (χ0v) is 15.4. The Morgan fingerprint density at radius 2 is 1.96 bits per heavy atom. The van der Waals surface area contributed by atoms with Gasteiger partial charge in [-0.3, -0.25) is 9.59 Å². The number of nitrogens with one attached hydrogen (secondary N) is 1. The summed E-state index contributed by atoms with van der Waals surface area (Å²) in [6, 6.07) is 2.36. The molecule has 0 aliphatic carbocycles. The minimum absolute atomic E-state index is 0.0861. The summed E-state index contributed by atoms with van der Waals surface area (Å²) in [6.07, 6.45) is 1.67. The normalized spacial score (nSPS) is 16.2. The number of carbonyl (C=O) groups is 1. The highest BCUT2D eigenvalue weighted by molar-refractivity contribution is 7.89. The molecule has 2 N–H and O–H groups in total. The molecule has 1 aromatic heterocycles. The third-order valence-corrected chi connectivity index (χ3v) is 5.92. The van der Waals surface area contributed by atoms with Crippen LogP contribution in [0.15, 0.2) is 16.9 Å². The van der Waals surface area contributed by atoms with E-state index >= 15 is 0 Å². The number of hydrogen-bond donors (Lipinski definition) is 2. The van der Waals surface area contributed by atoms with Crippen LogP contribution in [0.1, 0.15) is 31.9 Å². The first-order chi connectivity index (χ1) is 11.7. The van der Waals surface area contributed by atoms with Crippen molar-refractivity contribution in [2.75, 3.05) is 18.8 Å². The topological polar surface area (TPSA) is 109 Å². The lowest BCUT2D eigenvalue weighted by molar-refractivity contribution is -0.133. The molecule has 1 aliphatic rings. The molecule has 1 saturated heterocycles. The van der Waals surface area contributed by atoms with Crippen molar-refractivity contribution in [2.45, 2.75) is 45.7 Å². The highest BCUT2D eigenvalue weighted by atomic mass is 32.2. The van der Waals surface area contributed by atoms with E-state index in [2.05, 4.69) is 4.72 Å². The van der Waals surface area contributed by atoms with Gasteiger partial charge in [-0.15, -0.1) is 0 Å². The lowest BCUT2D eigenvalue weighted by Crippen LogP contribution is -2.48. The summed E-state index contributed by atoms with van der Waals surface area (Å²) in [4.78, 5) is 26.0. The largest absolute Gasteiger partial charge is 0.508 e. The van der Waals surface area contributed by atoms with Crippen molar-refractivity contribution in [1.82, 2.24) is 14.2 Å². The average Bonchev–Trinajstić information content (AvgIpc) is 2.50. The summed E-state index contributed by atoms with van der Waals surface area (Å²) >= 11 is 0. The van der Waals surface area contributed by atoms with Crippen molar-refractivity contribution in [3.8, 4) is 5.75 Å². The summed E-state index contributed by atoms with van der Waals surface area (Å²) in [5.74, 6) is -0.202. The van der Waals surface area contributed by atoms with Gasteiger partial charge in [0.15, 0.2) is 0 Å². The molecule has 0 bridgehead atoms. The zero-order chi connectivity index (χ0) is 18.6. The van der Waals surface area contributed by atoms with E-state index in [0.29, 0.717) is 38.0 Å². The van der Waals surface area contributed by atoms with Crippen LogP contribution in [0.4, 0.5) is 0 Å². The third kappa shape index (κ3) is 5.30. The molecule has 0 radical (unpaired) electrons. The Bertz CT molecular complexity index is 779. The van der Waals surface area contributed by atoms with Gasteiger partial charge >= 0.3 is 0 Å². The number of piperidine rings is 1. The Hall–Kier alpha value is -1.87. The van der Waals surface area contributed by atoms with Gasteiger partial charge in [-0.2, -0.15) is 0 Å². The fourth-order valence-electron chi connectivity index (χ4n) is 2.98. The van der Waals surface area contributed by atoms with E-state index in [1.165, 1.54) is 10.6 Å². The summed E-state index contributed by atoms with van der Waals surface area (Å²) in [5, 5.41) is 9.40. The highest BCUT2D eigenvalue weighted by Gasteiger charge is 2.26. The second-order valence-corrected chi connectivity index (χ2v) is 8.24. The molecule has 8 nitrogen and oxygen atoms in total. The van der Waals surface area contributed by atoms with Crippen molar-refractivity contribution in [3.05, 3.63) is 28.2 Å². The molecule has 0 atom stereocenters. The van der Waals surface area contributed by atoms with Crippen LogP contribution in [0.2, 0.25) is 0 Å². The van der Waals surface area contributed by atoms with E-state index in [0.717, 1.165) is 6.07 Å². The molecule has 140 valence electrons. The maximum absolute atomic E-state index is 12.4. The molecule has 9 heteroatoms. The third-order valence-electron chi connectivity index (χ3n) is 4.28. The van der Waals surface area contributed by atoms with Gasteiger partial charge in [0, 0.05) is 30.9 Å². The molecule has 0 saturated carbocycles. The number of pyridine rings is 1. The SMILES string of the molecule is CCCS(=O)(=O)NC1CCN(C(=O)Cn2c(C)cc(O)cc2=O)CC1. The first-order valence-electron chi connectivity index (χ1n) is 8.40. The number of likely N-dealkylation sites (tertiary alicyclic amines) is 1. The number of sulfonamides is 1. The maximum atomic E-state index is 12.4. The van der Waals surface area contributed by atoms with Crippen LogP contribution in [0.25, 0.3) is 0 Å². The van der Waals surface area contributed by atoms with Crippen molar-refractivity contribution >= 4 is 15.9 Å². The lowest BCUT2D eigenvalue weighted by Gasteiger charge is -2.32. The minimum atomic E-state index is -3.26. The van der Waals surface area contributed by atoms with Gasteiger partial charge in [0.05, 0.1) is 5.75 Å². The second-order valence-electron chi connectivity index (χ2n) is 6.37. The fraction of sp³-hybridized carbons (Fsp3) is 0.625. The van der Waals surface area contributed by atoms with Crippen LogP contribution < -0.4 is 10.3 Å². The maximum Gasteiger partial charge on any atom is 0.254 e. The van der Waals surface area contributed by atoms with Gasteiger partial charge in [0.1, 0.15) is 12.3 Å². The Morgan fingerprint density at radius 1 is 1.32 bits per heavy atom. The Morgan fingerprint density at radius 3 is 2.52 bits per heavy atom. The van der Waals surface area contributed by atoms with Gasteiger partial charge in [0.2, 0.25) is 15.9 Å². The molecule has 2 rings (SSSR count). The molecule has 25 heavy (non-hydrogen) atoms. The number of aryl methyl sites for hydroxylation is 1. The van der Waals surface area contributed by atoms with E-state index in [1.807, 2.05) is 6.92 Å². The van der Waals surface area contributed by atoms with Gasteiger partial charge in [-0.25, -0.2) is 13.1 Å². The van der Waals surface area contributed by atoms with E-state index in [9.17, 15) is 23.1 Å². The molecule has 1 fully saturated rings. The van der Waals surface area contributed by atoms with Crippen LogP contribution in [0.3, 0.4) is 0 Å². The van der Waals surface area contributed by atoms with Crippen LogP contribution in [0.5, 0.6) is 5.75 Å². The number of hydrogen-bond acceptors (Lipinski definition) is 5. The molecule has 1 aliphatic heterocycles. The van der Waals surface area contributed by atoms with E-state index in [-0.39, 0.29) is 30.0 Å². The van der Waals surface area contributed by atoms with E-state index in [1.54, 1.807) is 11.8 Å². The number of aromatic hydroxyl groups is 1. The molecule has 2 heterocycles. The summed E-state index contributed by atoms with van der Waals surface area (Å²) in [5.41, 5.74) is 0.0913. The minimum Gasteiger partial charge on any atom is -0.508 e. The molecular weight excluding hydrogens is 346 g/mol. The van der Waals surface area contributed by atoms with Crippen molar-refractivity contribution < 1.29 is 18.3 Å². The van der Waals surface area contributed by atoms with Crippen LogP contribution >= 0.6 is 0 Å². The number of amides is 1. The van der Waals surface area contributed by atoms with E-state index < -0.39 is 15.6 Å². The van der Waals surface area contributed by atoms with Gasteiger partial charge < -0.3 is 14.6 Å². The predicted molar refractivity (Wildman–Crippen MR) is 93.9 cm³/mol. The second kappa shape index (κ2) is 8.01. The molecular formula is C16H25N3O5S. The Labute approximate surface area is 147 Å². The van der Waals surface area contributed by atoms with Gasteiger partial charge in [-0.05, 0) is 32.3 Å². The van der Waals surface area contributed by atoms with Crippen molar-refractivity contribution in [2.24, 2.45) is 0 Å². The van der Waals surface area contributed by atoms with Gasteiger partial charge in [-0.1, -0.05) is 6.92 Å². The first kappa shape index (κ1) is 19.5. The number of rotatable bonds is 6. The van der Waals surface area contributed by atoms with Gasteiger partial charge in [0.25, 0.3) is 5.56 Å². The first-order valence-corrected chi connectivity index (χ1v) is 10.1. The summed E-state index contributed by atoms with van der Waals surface area (Å²) in [7, 11) is -3.26. The zero-order valence-electron chi connectivity index (χ0n) is 14.6. The molecule has 0 aromatic carbocycles. The van der Waals surface area contributed by atoms with Crippen molar-refractivity contribution in [1.29, 1.82) is 0 Å². The highest BCUT2D eigenvalue weighted by Crippen LogP contribution is 2.13. The number of aromatic nitrogens is 1. The van der Waals surface area contributed by atoms with Crippen molar-refractivity contribution in [3.63, 3.8) is 0 Å². The lowest BCUT2D eigenvalue weighted by atomic mass is 10.1. The molecule has 1 aromatic rings. The average molecular weight is 371 g/mol. The number of nitrogens with zero attached hydrogens (tertiary/aromatic N) is 2. The molecule has 1 amide bonds. The predicted octanol–water partition coefficient (Wildman–Crippen LogP) is 0.183. The Kier molecular flexibility index (Phi) is 6.23. The monoisotopic (exact) mass is 371 g/mol. The standard InChI is InChI=1S/C16H25N3O5S/c1-3-8-25(23,24)17-13-4-6-18(7-5-13)16(22)11-19-12(2)9-14(20)10-15(19)21/h9-10,13,17,20H,3-8,11H2,1-2H3. The number of carbonyl (C=O) groups excluding carboxylic acids is 1. The quantitative estimate of drug-likeness (QED) is 0.742. The Balaban J connectivity index is 1.93. The van der Waals surface area contributed by atoms with Crippen LogP contribution in [-0.4, -0.2) is 53.8 Å². The summed E-state index contributed by atoms with van der Waals surface area (Å²) < 4.78 is 27.6. The summed E-state index contributed by atoms with van der Waals surface area (Å²) in [6.45, 7) is 4.28. The van der Waals surface area contributed by atoms with E-state index in [4.69, 9.17) is 0 Å².